The Balaban J connectivity index is 1.75. The van der Waals surface area contributed by atoms with Crippen molar-refractivity contribution in [2.24, 2.45) is 5.92 Å². The van der Waals surface area contributed by atoms with Crippen LogP contribution in [0.15, 0.2) is 18.2 Å². The van der Waals surface area contributed by atoms with Gasteiger partial charge >= 0.3 is 6.03 Å². The first-order valence-electron chi connectivity index (χ1n) is 9.21. The summed E-state index contributed by atoms with van der Waals surface area (Å²) < 4.78 is 0. The minimum atomic E-state index is -0.0290. The van der Waals surface area contributed by atoms with Gasteiger partial charge in [0, 0.05) is 48.7 Å². The van der Waals surface area contributed by atoms with Gasteiger partial charge in [-0.25, -0.2) is 4.79 Å². The maximum Gasteiger partial charge on any atom is 0.319 e. The molecule has 144 valence electrons. The second-order valence-electron chi connectivity index (χ2n) is 6.53. The Hall–Kier alpha value is -1.46. The highest BCUT2D eigenvalue weighted by Gasteiger charge is 2.28. The molecule has 0 saturated carbocycles. The van der Waals surface area contributed by atoms with Gasteiger partial charge in [-0.15, -0.1) is 0 Å². The molecule has 1 N–H and O–H groups in total. The van der Waals surface area contributed by atoms with E-state index in [0.717, 1.165) is 5.56 Å². The summed E-state index contributed by atoms with van der Waals surface area (Å²) in [4.78, 5) is 28.4. The second kappa shape index (κ2) is 10.0. The first kappa shape index (κ1) is 20.8. The van der Waals surface area contributed by atoms with Crippen LogP contribution in [0, 0.1) is 5.92 Å². The van der Waals surface area contributed by atoms with Crippen LogP contribution in [0.4, 0.5) is 4.79 Å². The lowest BCUT2D eigenvalue weighted by Crippen LogP contribution is -2.48. The van der Waals surface area contributed by atoms with Gasteiger partial charge in [0.15, 0.2) is 0 Å². The van der Waals surface area contributed by atoms with E-state index in [1.807, 2.05) is 35.8 Å². The fourth-order valence-electron chi connectivity index (χ4n) is 3.26. The minimum Gasteiger partial charge on any atom is -0.356 e. The normalized spacial score (nSPS) is 15.0. The van der Waals surface area contributed by atoms with E-state index in [9.17, 15) is 9.59 Å². The smallest absolute Gasteiger partial charge is 0.319 e. The summed E-state index contributed by atoms with van der Waals surface area (Å²) in [7, 11) is 0. The summed E-state index contributed by atoms with van der Waals surface area (Å²) in [6.07, 6.45) is 2.11. The van der Waals surface area contributed by atoms with Crippen molar-refractivity contribution in [2.45, 2.75) is 33.1 Å². The Labute approximate surface area is 165 Å². The van der Waals surface area contributed by atoms with E-state index < -0.39 is 0 Å². The molecule has 3 amide bonds. The Morgan fingerprint density at radius 3 is 2.23 bits per heavy atom. The average molecular weight is 400 g/mol. The summed E-state index contributed by atoms with van der Waals surface area (Å²) in [5, 5.41) is 4.19. The number of benzene rings is 1. The summed E-state index contributed by atoms with van der Waals surface area (Å²) in [5.41, 5.74) is 1.00. The first-order valence-corrected chi connectivity index (χ1v) is 9.96. The van der Waals surface area contributed by atoms with Crippen LogP contribution in [-0.4, -0.2) is 54.5 Å². The molecule has 7 heteroatoms. The lowest BCUT2D eigenvalue weighted by atomic mass is 9.96. The molecule has 1 aromatic rings. The van der Waals surface area contributed by atoms with Crippen LogP contribution in [0.3, 0.4) is 0 Å². The Kier molecular flexibility index (Phi) is 8.04. The number of nitrogens with zero attached hydrogens (tertiary/aromatic N) is 2. The van der Waals surface area contributed by atoms with Crippen LogP contribution in [0.25, 0.3) is 0 Å². The highest BCUT2D eigenvalue weighted by Crippen LogP contribution is 2.20. The lowest BCUT2D eigenvalue weighted by Gasteiger charge is -2.34. The standard InChI is InChI=1S/C19H27Cl2N3O2/c1-3-23(4-2)19(26)24-9-6-15(7-10-24)18(25)22-8-5-14-11-16(20)13-17(21)12-14/h11-13,15H,3-10H2,1-2H3,(H,22,25). The van der Waals surface area contributed by atoms with Gasteiger partial charge in [0.05, 0.1) is 0 Å². The van der Waals surface area contributed by atoms with Crippen LogP contribution in [-0.2, 0) is 11.2 Å². The summed E-state index contributed by atoms with van der Waals surface area (Å²) in [6.45, 7) is 7.21. The molecule has 1 aromatic carbocycles. The third-order valence-electron chi connectivity index (χ3n) is 4.81. The van der Waals surface area contributed by atoms with Gasteiger partial charge in [0.2, 0.25) is 5.91 Å². The Morgan fingerprint density at radius 2 is 1.69 bits per heavy atom. The Morgan fingerprint density at radius 1 is 1.12 bits per heavy atom. The van der Waals surface area contributed by atoms with Gasteiger partial charge in [-0.1, -0.05) is 23.2 Å². The number of nitrogens with one attached hydrogen (secondary N) is 1. The van der Waals surface area contributed by atoms with E-state index in [4.69, 9.17) is 23.2 Å². The number of carbonyl (C=O) groups is 2. The molecule has 1 fully saturated rings. The van der Waals surface area contributed by atoms with Gasteiger partial charge in [0.25, 0.3) is 0 Å². The van der Waals surface area contributed by atoms with Gasteiger partial charge in [-0.3, -0.25) is 4.79 Å². The lowest BCUT2D eigenvalue weighted by molar-refractivity contribution is -0.126. The van der Waals surface area contributed by atoms with Crippen molar-refractivity contribution in [3.63, 3.8) is 0 Å². The number of urea groups is 1. The average Bonchev–Trinajstić information content (AvgIpc) is 2.62. The molecule has 0 atom stereocenters. The molecule has 1 aliphatic rings. The van der Waals surface area contributed by atoms with E-state index in [1.54, 1.807) is 6.07 Å². The van der Waals surface area contributed by atoms with Crippen molar-refractivity contribution in [2.75, 3.05) is 32.7 Å². The number of carbonyl (C=O) groups excluding carboxylic acids is 2. The molecule has 0 spiro atoms. The maximum atomic E-state index is 12.4. The summed E-state index contributed by atoms with van der Waals surface area (Å²) in [6, 6.07) is 5.48. The number of halogens is 2. The molecule has 0 aromatic heterocycles. The number of piperidine rings is 1. The molecule has 26 heavy (non-hydrogen) atoms. The van der Waals surface area contributed by atoms with Crippen LogP contribution in [0.2, 0.25) is 10.0 Å². The van der Waals surface area contributed by atoms with E-state index in [2.05, 4.69) is 5.32 Å². The molecule has 0 radical (unpaired) electrons. The van der Waals surface area contributed by atoms with Crippen molar-refractivity contribution >= 4 is 35.1 Å². The van der Waals surface area contributed by atoms with Crippen LogP contribution in [0.1, 0.15) is 32.3 Å². The zero-order valence-electron chi connectivity index (χ0n) is 15.4. The summed E-state index contributed by atoms with van der Waals surface area (Å²) >= 11 is 12.0. The number of rotatable bonds is 6. The highest BCUT2D eigenvalue weighted by atomic mass is 35.5. The molecule has 5 nitrogen and oxygen atoms in total. The third-order valence-corrected chi connectivity index (χ3v) is 5.24. The van der Waals surface area contributed by atoms with E-state index in [-0.39, 0.29) is 17.9 Å². The van der Waals surface area contributed by atoms with Gasteiger partial charge in [-0.05, 0) is 56.9 Å². The third kappa shape index (κ3) is 5.78. The van der Waals surface area contributed by atoms with E-state index >= 15 is 0 Å². The topological polar surface area (TPSA) is 52.7 Å². The molecule has 1 aliphatic heterocycles. The predicted molar refractivity (Wildman–Crippen MR) is 106 cm³/mol. The first-order chi connectivity index (χ1) is 12.4. The van der Waals surface area contributed by atoms with Gasteiger partial charge in [0.1, 0.15) is 0 Å². The van der Waals surface area contributed by atoms with Crippen molar-refractivity contribution in [3.05, 3.63) is 33.8 Å². The quantitative estimate of drug-likeness (QED) is 0.789. The predicted octanol–water partition coefficient (Wildman–Crippen LogP) is 3.83. The number of amides is 3. The second-order valence-corrected chi connectivity index (χ2v) is 7.41. The minimum absolute atomic E-state index is 0.0290. The summed E-state index contributed by atoms with van der Waals surface area (Å²) in [5.74, 6) is 0.0340. The van der Waals surface area contributed by atoms with Crippen LogP contribution < -0.4 is 5.32 Å². The molecule has 0 unspecified atom stereocenters. The highest BCUT2D eigenvalue weighted by molar-refractivity contribution is 6.34. The monoisotopic (exact) mass is 399 g/mol. The molecule has 2 rings (SSSR count). The van der Waals surface area contributed by atoms with Crippen LogP contribution in [0.5, 0.6) is 0 Å². The molecular formula is C19H27Cl2N3O2. The fraction of sp³-hybridized carbons (Fsp3) is 0.579. The zero-order chi connectivity index (χ0) is 19.1. The van der Waals surface area contributed by atoms with E-state index in [1.165, 1.54) is 0 Å². The molecule has 0 bridgehead atoms. The number of likely N-dealkylation sites (tertiary alicyclic amines) is 1. The van der Waals surface area contributed by atoms with Crippen LogP contribution >= 0.6 is 23.2 Å². The maximum absolute atomic E-state index is 12.4. The fourth-order valence-corrected chi connectivity index (χ4v) is 3.83. The zero-order valence-corrected chi connectivity index (χ0v) is 16.9. The van der Waals surface area contributed by atoms with Crippen molar-refractivity contribution in [3.8, 4) is 0 Å². The SMILES string of the molecule is CCN(CC)C(=O)N1CCC(C(=O)NCCc2cc(Cl)cc(Cl)c2)CC1. The van der Waals surface area contributed by atoms with Gasteiger partial charge in [-0.2, -0.15) is 0 Å². The number of hydrogen-bond donors (Lipinski definition) is 1. The Bertz CT molecular complexity index is 607. The van der Waals surface area contributed by atoms with Crippen molar-refractivity contribution in [1.82, 2.24) is 15.1 Å². The van der Waals surface area contributed by atoms with E-state index in [0.29, 0.717) is 62.0 Å². The molecule has 0 aliphatic carbocycles. The van der Waals surface area contributed by atoms with Gasteiger partial charge < -0.3 is 15.1 Å². The molecule has 1 heterocycles. The number of hydrogen-bond acceptors (Lipinski definition) is 2. The largest absolute Gasteiger partial charge is 0.356 e. The molecule has 1 saturated heterocycles. The van der Waals surface area contributed by atoms with Crippen molar-refractivity contribution in [1.29, 1.82) is 0 Å². The van der Waals surface area contributed by atoms with Crippen molar-refractivity contribution < 1.29 is 9.59 Å². The molecular weight excluding hydrogens is 373 g/mol.